The second-order valence-electron chi connectivity index (χ2n) is 12.7. The second kappa shape index (κ2) is 5.83. The fourth-order valence-corrected chi connectivity index (χ4v) is 10.9. The van der Waals surface area contributed by atoms with E-state index in [0.29, 0.717) is 16.6 Å². The van der Waals surface area contributed by atoms with Gasteiger partial charge in [0.15, 0.2) is 0 Å². The van der Waals surface area contributed by atoms with E-state index in [4.69, 9.17) is 0 Å². The molecule has 1 heteroatoms. The molecule has 0 heterocycles. The molecule has 8 saturated carbocycles. The van der Waals surface area contributed by atoms with Crippen LogP contribution in [0.2, 0.25) is 0 Å². The summed E-state index contributed by atoms with van der Waals surface area (Å²) < 4.78 is 0. The largest absolute Gasteiger partial charge is 0.508 e. The van der Waals surface area contributed by atoms with Gasteiger partial charge >= 0.3 is 0 Å². The quantitative estimate of drug-likeness (QED) is 0.596. The van der Waals surface area contributed by atoms with Crippen molar-refractivity contribution in [3.05, 3.63) is 28.8 Å². The monoisotopic (exact) mass is 390 g/mol. The van der Waals surface area contributed by atoms with E-state index in [-0.39, 0.29) is 0 Å². The fourth-order valence-electron chi connectivity index (χ4n) is 10.9. The van der Waals surface area contributed by atoms with E-state index in [1.165, 1.54) is 82.6 Å². The van der Waals surface area contributed by atoms with E-state index in [0.717, 1.165) is 41.9 Å². The maximum atomic E-state index is 11.5. The van der Waals surface area contributed by atoms with Crippen molar-refractivity contribution in [3.63, 3.8) is 0 Å². The van der Waals surface area contributed by atoms with Gasteiger partial charge in [0.2, 0.25) is 0 Å². The van der Waals surface area contributed by atoms with Crippen LogP contribution in [0.3, 0.4) is 0 Å². The zero-order valence-corrected chi connectivity index (χ0v) is 18.3. The lowest BCUT2D eigenvalue weighted by molar-refractivity contribution is -0.0185. The number of benzene rings is 1. The van der Waals surface area contributed by atoms with Gasteiger partial charge in [-0.05, 0) is 142 Å². The maximum Gasteiger partial charge on any atom is 0.119 e. The summed E-state index contributed by atoms with van der Waals surface area (Å²) in [5, 5.41) is 11.5. The van der Waals surface area contributed by atoms with Crippen LogP contribution in [0.15, 0.2) is 12.1 Å². The van der Waals surface area contributed by atoms with Crippen LogP contribution < -0.4 is 0 Å². The molecule has 1 N–H and O–H groups in total. The zero-order valence-electron chi connectivity index (χ0n) is 18.3. The van der Waals surface area contributed by atoms with Crippen LogP contribution in [-0.4, -0.2) is 5.11 Å². The van der Waals surface area contributed by atoms with Gasteiger partial charge < -0.3 is 5.11 Å². The zero-order chi connectivity index (χ0) is 19.4. The first-order chi connectivity index (χ1) is 14.1. The van der Waals surface area contributed by atoms with E-state index >= 15 is 0 Å². The second-order valence-corrected chi connectivity index (χ2v) is 12.7. The number of hydrogen-bond acceptors (Lipinski definition) is 1. The Morgan fingerprint density at radius 3 is 1.41 bits per heavy atom. The van der Waals surface area contributed by atoms with Gasteiger partial charge in [-0.1, -0.05) is 13.0 Å². The molecule has 0 unspecified atom stereocenters. The Kier molecular flexibility index (Phi) is 3.55. The molecule has 0 aromatic heterocycles. The molecule has 9 rings (SSSR count). The van der Waals surface area contributed by atoms with Crippen molar-refractivity contribution in [1.29, 1.82) is 0 Å². The molecular formula is C28H38O. The molecule has 8 bridgehead atoms. The van der Waals surface area contributed by atoms with Crippen LogP contribution in [0.1, 0.15) is 101 Å². The Labute approximate surface area is 176 Å². The average molecular weight is 391 g/mol. The average Bonchev–Trinajstić information content (AvgIpc) is 2.65. The summed E-state index contributed by atoms with van der Waals surface area (Å²) in [5.41, 5.74) is 5.51. The maximum absolute atomic E-state index is 11.5. The Balaban J connectivity index is 1.43. The number of aromatic hydroxyl groups is 1. The van der Waals surface area contributed by atoms with Gasteiger partial charge in [-0.2, -0.15) is 0 Å². The standard InChI is InChI=1S/C28H38O/c1-2-23-3-4-24(29)26(28-14-20-8-21(15-28)10-22(9-20)16-28)25(23)27-11-17-5-18(12-27)7-19(6-17)13-27/h3-4,17-22,29H,2,5-16H2,1H3. The van der Waals surface area contributed by atoms with Crippen molar-refractivity contribution in [1.82, 2.24) is 0 Å². The van der Waals surface area contributed by atoms with Gasteiger partial charge in [0, 0.05) is 11.0 Å². The Morgan fingerprint density at radius 1 is 0.655 bits per heavy atom. The van der Waals surface area contributed by atoms with Crippen molar-refractivity contribution in [2.24, 2.45) is 35.5 Å². The molecule has 0 atom stereocenters. The Hall–Kier alpha value is -0.980. The summed E-state index contributed by atoms with van der Waals surface area (Å²) in [7, 11) is 0. The minimum absolute atomic E-state index is 0.308. The van der Waals surface area contributed by atoms with Crippen molar-refractivity contribution in [2.45, 2.75) is 101 Å². The third kappa shape index (κ3) is 2.40. The van der Waals surface area contributed by atoms with Gasteiger partial charge in [0.1, 0.15) is 5.75 Å². The minimum atomic E-state index is 0.308. The van der Waals surface area contributed by atoms with Crippen LogP contribution in [0.25, 0.3) is 0 Å². The summed E-state index contributed by atoms with van der Waals surface area (Å²) in [6, 6.07) is 4.41. The highest BCUT2D eigenvalue weighted by molar-refractivity contribution is 5.54. The van der Waals surface area contributed by atoms with Gasteiger partial charge in [-0.25, -0.2) is 0 Å². The third-order valence-corrected chi connectivity index (χ3v) is 10.8. The molecule has 1 aromatic rings. The van der Waals surface area contributed by atoms with Gasteiger partial charge in [0.05, 0.1) is 0 Å². The molecule has 29 heavy (non-hydrogen) atoms. The highest BCUT2D eigenvalue weighted by Crippen LogP contribution is 2.67. The SMILES string of the molecule is CCc1ccc(O)c(C23CC4CC(CC(C4)C2)C3)c1C12CC3CC(CC(C3)C1)C2. The van der Waals surface area contributed by atoms with Crippen LogP contribution in [0.4, 0.5) is 0 Å². The molecule has 156 valence electrons. The Morgan fingerprint density at radius 2 is 1.03 bits per heavy atom. The lowest BCUT2D eigenvalue weighted by Crippen LogP contribution is -2.52. The topological polar surface area (TPSA) is 20.2 Å². The summed E-state index contributed by atoms with van der Waals surface area (Å²) in [6.07, 6.45) is 18.5. The van der Waals surface area contributed by atoms with Crippen LogP contribution in [-0.2, 0) is 17.3 Å². The lowest BCUT2D eigenvalue weighted by atomic mass is 9.43. The number of rotatable bonds is 3. The summed E-state index contributed by atoms with van der Waals surface area (Å²) in [5.74, 6) is 6.41. The van der Waals surface area contributed by atoms with Crippen molar-refractivity contribution < 1.29 is 5.11 Å². The molecule has 0 saturated heterocycles. The summed E-state index contributed by atoms with van der Waals surface area (Å²) >= 11 is 0. The minimum Gasteiger partial charge on any atom is -0.508 e. The molecule has 8 fully saturated rings. The highest BCUT2D eigenvalue weighted by Gasteiger charge is 2.57. The predicted octanol–water partition coefficient (Wildman–Crippen LogP) is 6.89. The predicted molar refractivity (Wildman–Crippen MR) is 117 cm³/mol. The summed E-state index contributed by atoms with van der Waals surface area (Å²) in [4.78, 5) is 0. The third-order valence-electron chi connectivity index (χ3n) is 10.8. The van der Waals surface area contributed by atoms with Crippen LogP contribution >= 0.6 is 0 Å². The smallest absolute Gasteiger partial charge is 0.119 e. The van der Waals surface area contributed by atoms with Gasteiger partial charge in [-0.3, -0.25) is 0 Å². The van der Waals surface area contributed by atoms with Crippen LogP contribution in [0, 0.1) is 35.5 Å². The molecular weight excluding hydrogens is 352 g/mol. The molecule has 1 aromatic carbocycles. The normalized spacial score (nSPS) is 49.1. The van der Waals surface area contributed by atoms with Crippen LogP contribution in [0.5, 0.6) is 5.75 Å². The Bertz CT molecular complexity index is 778. The van der Waals surface area contributed by atoms with E-state index in [9.17, 15) is 5.11 Å². The number of phenols is 1. The van der Waals surface area contributed by atoms with E-state index in [1.54, 1.807) is 11.1 Å². The first kappa shape index (κ1) is 17.7. The van der Waals surface area contributed by atoms with E-state index in [1.807, 2.05) is 0 Å². The first-order valence-electron chi connectivity index (χ1n) is 12.9. The molecule has 8 aliphatic rings. The fraction of sp³-hybridized carbons (Fsp3) is 0.786. The number of aryl methyl sites for hydroxylation is 1. The van der Waals surface area contributed by atoms with Crippen molar-refractivity contribution in [2.75, 3.05) is 0 Å². The van der Waals surface area contributed by atoms with Crippen molar-refractivity contribution in [3.8, 4) is 5.75 Å². The van der Waals surface area contributed by atoms with Crippen molar-refractivity contribution >= 4 is 0 Å². The van der Waals surface area contributed by atoms with Gasteiger partial charge in [-0.15, -0.1) is 0 Å². The number of hydrogen-bond donors (Lipinski definition) is 1. The van der Waals surface area contributed by atoms with Gasteiger partial charge in [0.25, 0.3) is 0 Å². The molecule has 0 aliphatic heterocycles. The molecule has 0 spiro atoms. The molecule has 0 radical (unpaired) electrons. The molecule has 0 amide bonds. The molecule has 1 nitrogen and oxygen atoms in total. The lowest BCUT2D eigenvalue weighted by Gasteiger charge is -2.61. The van der Waals surface area contributed by atoms with E-state index < -0.39 is 0 Å². The van der Waals surface area contributed by atoms with E-state index in [2.05, 4.69) is 19.1 Å². The molecule has 8 aliphatic carbocycles. The summed E-state index contributed by atoms with van der Waals surface area (Å²) in [6.45, 7) is 2.36. The number of phenolic OH excluding ortho intramolecular Hbond substituents is 1. The first-order valence-corrected chi connectivity index (χ1v) is 12.9. The highest BCUT2D eigenvalue weighted by atomic mass is 16.3.